The topological polar surface area (TPSA) is 65.5 Å². The zero-order valence-corrected chi connectivity index (χ0v) is 12.1. The van der Waals surface area contributed by atoms with Crippen molar-refractivity contribution in [1.82, 2.24) is 14.5 Å². The van der Waals surface area contributed by atoms with Crippen molar-refractivity contribution in [3.63, 3.8) is 0 Å². The quantitative estimate of drug-likeness (QED) is 0.913. The van der Waals surface area contributed by atoms with Crippen molar-refractivity contribution < 1.29 is 9.47 Å². The lowest BCUT2D eigenvalue weighted by molar-refractivity contribution is 0.174. The summed E-state index contributed by atoms with van der Waals surface area (Å²) in [4.78, 5) is 6.83. The molecule has 108 valence electrons. The fourth-order valence-electron chi connectivity index (χ4n) is 2.53. The molecular weight excluding hydrogens is 256 g/mol. The number of rotatable bonds is 4. The van der Waals surface area contributed by atoms with Crippen molar-refractivity contribution in [3.05, 3.63) is 18.0 Å². The van der Waals surface area contributed by atoms with E-state index in [9.17, 15) is 0 Å². The van der Waals surface area contributed by atoms with Gasteiger partial charge in [0, 0.05) is 24.7 Å². The average molecular weight is 276 g/mol. The summed E-state index contributed by atoms with van der Waals surface area (Å²) >= 11 is 0. The molecule has 1 aromatic heterocycles. The first-order valence-electron chi connectivity index (χ1n) is 6.75. The van der Waals surface area contributed by atoms with Crippen LogP contribution in [0, 0.1) is 0 Å². The van der Waals surface area contributed by atoms with E-state index in [1.54, 1.807) is 0 Å². The second kappa shape index (κ2) is 4.96. The highest BCUT2D eigenvalue weighted by Gasteiger charge is 2.21. The first-order chi connectivity index (χ1) is 9.60. The molecule has 0 fully saturated rings. The molecule has 0 aliphatic carbocycles. The zero-order valence-electron chi connectivity index (χ0n) is 12.1. The summed E-state index contributed by atoms with van der Waals surface area (Å²) in [5.74, 6) is 2.55. The molecule has 6 nitrogen and oxygen atoms in total. The van der Waals surface area contributed by atoms with Crippen LogP contribution in [0.25, 0.3) is 11.0 Å². The first kappa shape index (κ1) is 13.2. The third-order valence-electron chi connectivity index (χ3n) is 3.50. The normalized spacial score (nSPS) is 15.2. The monoisotopic (exact) mass is 276 g/mol. The molecule has 1 aliphatic rings. The van der Waals surface area contributed by atoms with Crippen LogP contribution in [0.15, 0.2) is 12.1 Å². The lowest BCUT2D eigenvalue weighted by Gasteiger charge is -2.17. The molecule has 0 radical (unpaired) electrons. The van der Waals surface area contributed by atoms with E-state index in [4.69, 9.17) is 20.2 Å². The number of ether oxygens (including phenoxy) is 2. The Morgan fingerprint density at radius 3 is 2.70 bits per heavy atom. The summed E-state index contributed by atoms with van der Waals surface area (Å²) in [5, 5.41) is 0. The lowest BCUT2D eigenvalue weighted by atomic mass is 10.2. The molecule has 0 saturated heterocycles. The van der Waals surface area contributed by atoms with Gasteiger partial charge in [0.25, 0.3) is 0 Å². The maximum Gasteiger partial charge on any atom is 0.231 e. The van der Waals surface area contributed by atoms with Crippen molar-refractivity contribution in [2.45, 2.75) is 19.5 Å². The van der Waals surface area contributed by atoms with Crippen molar-refractivity contribution in [3.8, 4) is 11.5 Å². The Balaban J connectivity index is 2.18. The molecule has 1 aromatic carbocycles. The van der Waals surface area contributed by atoms with Crippen molar-refractivity contribution in [1.29, 1.82) is 0 Å². The number of imidazole rings is 1. The Hall–Kier alpha value is -1.79. The number of hydrogen-bond donors (Lipinski definition) is 1. The Morgan fingerprint density at radius 1 is 1.35 bits per heavy atom. The van der Waals surface area contributed by atoms with Gasteiger partial charge < -0.3 is 24.7 Å². The zero-order chi connectivity index (χ0) is 14.3. The highest BCUT2D eigenvalue weighted by molar-refractivity contribution is 5.81. The largest absolute Gasteiger partial charge is 0.454 e. The van der Waals surface area contributed by atoms with Gasteiger partial charge in [-0.3, -0.25) is 0 Å². The summed E-state index contributed by atoms with van der Waals surface area (Å²) in [5.41, 5.74) is 7.82. The molecule has 2 heterocycles. The molecule has 2 aromatic rings. The number of benzene rings is 1. The van der Waals surface area contributed by atoms with Crippen LogP contribution in [0.2, 0.25) is 0 Å². The molecule has 0 spiro atoms. The molecule has 0 amide bonds. The van der Waals surface area contributed by atoms with Crippen LogP contribution in [-0.2, 0) is 6.54 Å². The molecule has 2 N–H and O–H groups in total. The minimum Gasteiger partial charge on any atom is -0.454 e. The van der Waals surface area contributed by atoms with E-state index in [-0.39, 0.29) is 12.8 Å². The van der Waals surface area contributed by atoms with Crippen molar-refractivity contribution >= 4 is 11.0 Å². The SMILES string of the molecule is CC(CN)n1c(CN(C)C)nc2cc3c(cc21)OCO3. The van der Waals surface area contributed by atoms with Gasteiger partial charge >= 0.3 is 0 Å². The van der Waals surface area contributed by atoms with Gasteiger partial charge in [-0.1, -0.05) is 0 Å². The third-order valence-corrected chi connectivity index (χ3v) is 3.50. The van der Waals surface area contributed by atoms with Crippen molar-refractivity contribution in [2.24, 2.45) is 5.73 Å². The van der Waals surface area contributed by atoms with Gasteiger partial charge in [-0.2, -0.15) is 0 Å². The van der Waals surface area contributed by atoms with Gasteiger partial charge in [0.2, 0.25) is 6.79 Å². The molecular formula is C14H20N4O2. The van der Waals surface area contributed by atoms with Crippen molar-refractivity contribution in [2.75, 3.05) is 27.4 Å². The number of fused-ring (bicyclic) bond motifs is 2. The predicted molar refractivity (Wildman–Crippen MR) is 77.0 cm³/mol. The molecule has 6 heteroatoms. The molecule has 20 heavy (non-hydrogen) atoms. The summed E-state index contributed by atoms with van der Waals surface area (Å²) in [6.45, 7) is 3.72. The van der Waals surface area contributed by atoms with Crippen LogP contribution in [0.1, 0.15) is 18.8 Å². The van der Waals surface area contributed by atoms with Gasteiger partial charge in [0.15, 0.2) is 11.5 Å². The van der Waals surface area contributed by atoms with Crippen LogP contribution in [-0.4, -0.2) is 41.9 Å². The van der Waals surface area contributed by atoms with Crippen LogP contribution >= 0.6 is 0 Å². The molecule has 0 bridgehead atoms. The van der Waals surface area contributed by atoms with Crippen LogP contribution < -0.4 is 15.2 Å². The van der Waals surface area contributed by atoms with Gasteiger partial charge in [-0.25, -0.2) is 4.98 Å². The highest BCUT2D eigenvalue weighted by Crippen LogP contribution is 2.37. The van der Waals surface area contributed by atoms with E-state index < -0.39 is 0 Å². The Labute approximate surface area is 118 Å². The fourth-order valence-corrected chi connectivity index (χ4v) is 2.53. The molecule has 1 unspecified atom stereocenters. The van der Waals surface area contributed by atoms with Crippen LogP contribution in [0.4, 0.5) is 0 Å². The predicted octanol–water partition coefficient (Wildman–Crippen LogP) is 1.35. The summed E-state index contributed by atoms with van der Waals surface area (Å²) in [7, 11) is 4.06. The number of nitrogens with zero attached hydrogens (tertiary/aromatic N) is 3. The van der Waals surface area contributed by atoms with Crippen LogP contribution in [0.3, 0.4) is 0 Å². The van der Waals surface area contributed by atoms with Gasteiger partial charge in [0.1, 0.15) is 5.82 Å². The Kier molecular flexibility index (Phi) is 3.27. The van der Waals surface area contributed by atoms with E-state index in [0.29, 0.717) is 6.54 Å². The lowest BCUT2D eigenvalue weighted by Crippen LogP contribution is -2.21. The minimum atomic E-state index is 0.190. The number of aromatic nitrogens is 2. The van der Waals surface area contributed by atoms with Crippen LogP contribution in [0.5, 0.6) is 11.5 Å². The van der Waals surface area contributed by atoms with E-state index in [2.05, 4.69) is 16.4 Å². The van der Waals surface area contributed by atoms with E-state index in [1.165, 1.54) is 0 Å². The maximum atomic E-state index is 5.85. The molecule has 0 saturated carbocycles. The highest BCUT2D eigenvalue weighted by atomic mass is 16.7. The third kappa shape index (κ3) is 2.10. The van der Waals surface area contributed by atoms with Gasteiger partial charge in [0.05, 0.1) is 17.6 Å². The molecule has 1 atom stereocenters. The second-order valence-electron chi connectivity index (χ2n) is 5.41. The first-order valence-corrected chi connectivity index (χ1v) is 6.75. The molecule has 1 aliphatic heterocycles. The van der Waals surface area contributed by atoms with E-state index in [1.807, 2.05) is 26.2 Å². The fraction of sp³-hybridized carbons (Fsp3) is 0.500. The standard InChI is InChI=1S/C14H20N4O2/c1-9(6-15)18-11-5-13-12(19-8-20-13)4-10(11)16-14(18)7-17(2)3/h4-5,9H,6-8,15H2,1-3H3. The Morgan fingerprint density at radius 2 is 2.05 bits per heavy atom. The molecule has 3 rings (SSSR count). The van der Waals surface area contributed by atoms with Gasteiger partial charge in [-0.15, -0.1) is 0 Å². The Bertz CT molecular complexity index is 636. The van der Waals surface area contributed by atoms with E-state index >= 15 is 0 Å². The average Bonchev–Trinajstić information content (AvgIpc) is 2.97. The smallest absolute Gasteiger partial charge is 0.231 e. The summed E-state index contributed by atoms with van der Waals surface area (Å²) in [6, 6.07) is 4.13. The van der Waals surface area contributed by atoms with Gasteiger partial charge in [-0.05, 0) is 21.0 Å². The summed E-state index contributed by atoms with van der Waals surface area (Å²) in [6.07, 6.45) is 0. The maximum absolute atomic E-state index is 5.85. The number of nitrogens with two attached hydrogens (primary N) is 1. The van der Waals surface area contributed by atoms with E-state index in [0.717, 1.165) is 34.9 Å². The minimum absolute atomic E-state index is 0.190. The number of hydrogen-bond acceptors (Lipinski definition) is 5. The summed E-state index contributed by atoms with van der Waals surface area (Å²) < 4.78 is 13.1. The second-order valence-corrected chi connectivity index (χ2v) is 5.41.